The van der Waals surface area contributed by atoms with Crippen LogP contribution in [0, 0.1) is 5.82 Å². The summed E-state index contributed by atoms with van der Waals surface area (Å²) in [6.07, 6.45) is 1.06. The molecule has 0 saturated carbocycles. The van der Waals surface area contributed by atoms with Crippen LogP contribution in [0.15, 0.2) is 18.2 Å². The lowest BCUT2D eigenvalue weighted by atomic mass is 10.1. The maximum atomic E-state index is 13.7. The maximum absolute atomic E-state index is 13.7. The number of nitrogens with two attached hydrogens (primary N) is 1. The Morgan fingerprint density at radius 3 is 2.50 bits per heavy atom. The monoisotopic (exact) mass is 253 g/mol. The SMILES string of the molecule is CCN(CCCN(C)C)c1cccc(F)c1CN. The summed E-state index contributed by atoms with van der Waals surface area (Å²) in [5.74, 6) is -0.207. The van der Waals surface area contributed by atoms with E-state index in [1.54, 1.807) is 6.07 Å². The van der Waals surface area contributed by atoms with Gasteiger partial charge in [0.1, 0.15) is 5.82 Å². The van der Waals surface area contributed by atoms with Crippen molar-refractivity contribution in [1.29, 1.82) is 0 Å². The van der Waals surface area contributed by atoms with E-state index < -0.39 is 0 Å². The molecule has 3 nitrogen and oxygen atoms in total. The Hall–Kier alpha value is -1.13. The van der Waals surface area contributed by atoms with Crippen LogP contribution in [-0.2, 0) is 6.54 Å². The normalized spacial score (nSPS) is 11.0. The highest BCUT2D eigenvalue weighted by molar-refractivity contribution is 5.54. The van der Waals surface area contributed by atoms with E-state index in [0.29, 0.717) is 5.56 Å². The number of benzene rings is 1. The first-order chi connectivity index (χ1) is 8.60. The van der Waals surface area contributed by atoms with Gasteiger partial charge in [-0.1, -0.05) is 6.07 Å². The molecule has 0 heterocycles. The Morgan fingerprint density at radius 1 is 1.22 bits per heavy atom. The van der Waals surface area contributed by atoms with E-state index in [0.717, 1.165) is 31.7 Å². The summed E-state index contributed by atoms with van der Waals surface area (Å²) in [4.78, 5) is 4.35. The Kier molecular flexibility index (Phi) is 6.09. The largest absolute Gasteiger partial charge is 0.371 e. The van der Waals surface area contributed by atoms with Crippen LogP contribution in [0.4, 0.5) is 10.1 Å². The zero-order valence-electron chi connectivity index (χ0n) is 11.6. The average molecular weight is 253 g/mol. The van der Waals surface area contributed by atoms with Gasteiger partial charge in [0.25, 0.3) is 0 Å². The van der Waals surface area contributed by atoms with Crippen LogP contribution in [0.25, 0.3) is 0 Å². The molecule has 0 unspecified atom stereocenters. The predicted octanol–water partition coefficient (Wildman–Crippen LogP) is 2.06. The van der Waals surface area contributed by atoms with Gasteiger partial charge in [-0.3, -0.25) is 0 Å². The first-order valence-electron chi connectivity index (χ1n) is 6.47. The van der Waals surface area contributed by atoms with E-state index in [2.05, 4.69) is 30.8 Å². The van der Waals surface area contributed by atoms with Crippen LogP contribution in [0.5, 0.6) is 0 Å². The summed E-state index contributed by atoms with van der Waals surface area (Å²) in [6, 6.07) is 5.17. The Bertz CT molecular complexity index is 366. The molecule has 0 bridgehead atoms. The zero-order valence-corrected chi connectivity index (χ0v) is 11.6. The van der Waals surface area contributed by atoms with Crippen molar-refractivity contribution >= 4 is 5.69 Å². The third kappa shape index (κ3) is 3.96. The number of rotatable bonds is 7. The minimum Gasteiger partial charge on any atom is -0.371 e. The average Bonchev–Trinajstić information content (AvgIpc) is 2.34. The molecule has 0 spiro atoms. The van der Waals surface area contributed by atoms with Crippen LogP contribution in [-0.4, -0.2) is 38.6 Å². The van der Waals surface area contributed by atoms with Gasteiger partial charge in [0.15, 0.2) is 0 Å². The third-order valence-electron chi connectivity index (χ3n) is 3.05. The first-order valence-corrected chi connectivity index (χ1v) is 6.47. The molecule has 0 aliphatic rings. The van der Waals surface area contributed by atoms with Crippen molar-refractivity contribution in [3.05, 3.63) is 29.6 Å². The lowest BCUT2D eigenvalue weighted by Gasteiger charge is -2.26. The van der Waals surface area contributed by atoms with Crippen molar-refractivity contribution in [3.8, 4) is 0 Å². The fourth-order valence-electron chi connectivity index (χ4n) is 2.07. The molecular weight excluding hydrogens is 229 g/mol. The number of hydrogen-bond donors (Lipinski definition) is 1. The summed E-state index contributed by atoms with van der Waals surface area (Å²) in [6.45, 7) is 5.14. The van der Waals surface area contributed by atoms with Gasteiger partial charge in [0.2, 0.25) is 0 Å². The molecule has 0 aliphatic heterocycles. The van der Waals surface area contributed by atoms with Gasteiger partial charge in [-0.25, -0.2) is 4.39 Å². The molecule has 18 heavy (non-hydrogen) atoms. The molecule has 1 aromatic carbocycles. The minimum atomic E-state index is -0.207. The molecule has 0 fully saturated rings. The highest BCUT2D eigenvalue weighted by Gasteiger charge is 2.12. The van der Waals surface area contributed by atoms with E-state index in [1.165, 1.54) is 6.07 Å². The molecule has 0 atom stereocenters. The molecule has 4 heteroatoms. The minimum absolute atomic E-state index is 0.207. The summed E-state index contributed by atoms with van der Waals surface area (Å²) >= 11 is 0. The van der Waals surface area contributed by atoms with E-state index in [4.69, 9.17) is 5.73 Å². The fraction of sp³-hybridized carbons (Fsp3) is 0.571. The molecule has 1 aromatic rings. The summed E-state index contributed by atoms with van der Waals surface area (Å²) in [5, 5.41) is 0. The van der Waals surface area contributed by atoms with Crippen molar-refractivity contribution < 1.29 is 4.39 Å². The fourth-order valence-corrected chi connectivity index (χ4v) is 2.07. The molecule has 0 radical (unpaired) electrons. The first kappa shape index (κ1) is 14.9. The number of anilines is 1. The number of hydrogen-bond acceptors (Lipinski definition) is 3. The highest BCUT2D eigenvalue weighted by atomic mass is 19.1. The lowest BCUT2D eigenvalue weighted by molar-refractivity contribution is 0.400. The molecule has 0 aliphatic carbocycles. The molecule has 0 aromatic heterocycles. The van der Waals surface area contributed by atoms with E-state index in [9.17, 15) is 4.39 Å². The van der Waals surface area contributed by atoms with Crippen LogP contribution in [0.2, 0.25) is 0 Å². The van der Waals surface area contributed by atoms with Crippen molar-refractivity contribution in [2.24, 2.45) is 5.73 Å². The zero-order chi connectivity index (χ0) is 13.5. The van der Waals surface area contributed by atoms with Gasteiger partial charge in [-0.05, 0) is 46.1 Å². The second kappa shape index (κ2) is 7.34. The van der Waals surface area contributed by atoms with Crippen molar-refractivity contribution in [2.45, 2.75) is 19.9 Å². The Morgan fingerprint density at radius 2 is 1.94 bits per heavy atom. The van der Waals surface area contributed by atoms with Crippen molar-refractivity contribution in [3.63, 3.8) is 0 Å². The molecule has 102 valence electrons. The van der Waals surface area contributed by atoms with Crippen LogP contribution >= 0.6 is 0 Å². The van der Waals surface area contributed by atoms with Gasteiger partial charge < -0.3 is 15.5 Å². The van der Waals surface area contributed by atoms with Gasteiger partial charge in [0, 0.05) is 30.9 Å². The van der Waals surface area contributed by atoms with E-state index >= 15 is 0 Å². The second-order valence-corrected chi connectivity index (χ2v) is 4.68. The van der Waals surface area contributed by atoms with Crippen LogP contribution < -0.4 is 10.6 Å². The van der Waals surface area contributed by atoms with Gasteiger partial charge in [-0.15, -0.1) is 0 Å². The number of nitrogens with zero attached hydrogens (tertiary/aromatic N) is 2. The van der Waals surface area contributed by atoms with Crippen molar-refractivity contribution in [2.75, 3.05) is 38.6 Å². The number of halogens is 1. The highest BCUT2D eigenvalue weighted by Crippen LogP contribution is 2.22. The standard InChI is InChI=1S/C14H24FN3/c1-4-18(10-6-9-17(2)3)14-8-5-7-13(15)12(14)11-16/h5,7-8H,4,6,9-11,16H2,1-3H3. The van der Waals surface area contributed by atoms with E-state index in [-0.39, 0.29) is 12.4 Å². The van der Waals surface area contributed by atoms with Gasteiger partial charge in [0.05, 0.1) is 0 Å². The van der Waals surface area contributed by atoms with Crippen molar-refractivity contribution in [1.82, 2.24) is 4.90 Å². The second-order valence-electron chi connectivity index (χ2n) is 4.68. The molecular formula is C14H24FN3. The molecule has 0 saturated heterocycles. The van der Waals surface area contributed by atoms with Crippen LogP contribution in [0.3, 0.4) is 0 Å². The van der Waals surface area contributed by atoms with Crippen LogP contribution in [0.1, 0.15) is 18.9 Å². The molecule has 0 amide bonds. The third-order valence-corrected chi connectivity index (χ3v) is 3.05. The quantitative estimate of drug-likeness (QED) is 0.807. The lowest BCUT2D eigenvalue weighted by Crippen LogP contribution is -2.28. The Balaban J connectivity index is 2.78. The Labute approximate surface area is 109 Å². The summed E-state index contributed by atoms with van der Waals surface area (Å²) in [7, 11) is 4.12. The summed E-state index contributed by atoms with van der Waals surface area (Å²) in [5.41, 5.74) is 7.19. The van der Waals surface area contributed by atoms with E-state index in [1.807, 2.05) is 6.07 Å². The molecule has 1 rings (SSSR count). The van der Waals surface area contributed by atoms with Gasteiger partial charge >= 0.3 is 0 Å². The van der Waals surface area contributed by atoms with Gasteiger partial charge in [-0.2, -0.15) is 0 Å². The smallest absolute Gasteiger partial charge is 0.129 e. The molecule has 2 N–H and O–H groups in total. The maximum Gasteiger partial charge on any atom is 0.129 e. The predicted molar refractivity (Wildman–Crippen MR) is 75.3 cm³/mol. The topological polar surface area (TPSA) is 32.5 Å². The summed E-state index contributed by atoms with van der Waals surface area (Å²) < 4.78 is 13.7.